The van der Waals surface area contributed by atoms with Crippen molar-refractivity contribution in [2.45, 2.75) is 11.5 Å². The number of Topliss-reactive ketones (excluding diaryl/α,β-unsaturated/α-hetero) is 1. The second-order valence-electron chi connectivity index (χ2n) is 1.73. The maximum atomic E-state index is 10.6. The van der Waals surface area contributed by atoms with E-state index in [1.165, 1.54) is 0 Å². The van der Waals surface area contributed by atoms with Crippen LogP contribution in [-0.2, 0) is 4.79 Å². The van der Waals surface area contributed by atoms with Crippen LogP contribution in [0.3, 0.4) is 0 Å². The van der Waals surface area contributed by atoms with E-state index in [4.69, 9.17) is 0 Å². The van der Waals surface area contributed by atoms with Crippen molar-refractivity contribution in [1.82, 2.24) is 0 Å². The average Bonchev–Trinajstić information content (AvgIpc) is 1.77. The van der Waals surface area contributed by atoms with Gasteiger partial charge in [0.1, 0.15) is 0 Å². The standard InChI is InChI=1S/C5H8OS2/c1-4-7-2-5(6)3-8-4/h4H,2-3H2,1H3. The van der Waals surface area contributed by atoms with Crippen LogP contribution >= 0.6 is 23.5 Å². The Morgan fingerprint density at radius 2 is 2.00 bits per heavy atom. The molecule has 0 N–H and O–H groups in total. The fourth-order valence-electron chi connectivity index (χ4n) is 0.510. The molecule has 0 unspecified atom stereocenters. The fourth-order valence-corrected chi connectivity index (χ4v) is 2.48. The van der Waals surface area contributed by atoms with E-state index in [1.54, 1.807) is 23.5 Å². The normalized spacial score (nSPS) is 23.9. The molecule has 0 aliphatic carbocycles. The molecule has 0 aromatic carbocycles. The van der Waals surface area contributed by atoms with Crippen molar-refractivity contribution in [1.29, 1.82) is 0 Å². The largest absolute Gasteiger partial charge is 0.298 e. The molecule has 1 saturated heterocycles. The molecular formula is C5H8OS2. The van der Waals surface area contributed by atoms with Crippen molar-refractivity contribution in [3.8, 4) is 0 Å². The first-order chi connectivity index (χ1) is 3.79. The number of hydrogen-bond donors (Lipinski definition) is 0. The Labute approximate surface area is 57.6 Å². The fraction of sp³-hybridized carbons (Fsp3) is 0.800. The summed E-state index contributed by atoms with van der Waals surface area (Å²) in [6.45, 7) is 2.14. The van der Waals surface area contributed by atoms with Gasteiger partial charge < -0.3 is 0 Å². The zero-order chi connectivity index (χ0) is 5.98. The lowest BCUT2D eigenvalue weighted by Crippen LogP contribution is -2.14. The molecule has 1 nitrogen and oxygen atoms in total. The third-order valence-corrected chi connectivity index (χ3v) is 3.69. The second-order valence-corrected chi connectivity index (χ2v) is 4.68. The Morgan fingerprint density at radius 1 is 1.50 bits per heavy atom. The zero-order valence-corrected chi connectivity index (χ0v) is 6.35. The zero-order valence-electron chi connectivity index (χ0n) is 4.72. The van der Waals surface area contributed by atoms with E-state index in [-0.39, 0.29) is 0 Å². The van der Waals surface area contributed by atoms with Crippen LogP contribution < -0.4 is 0 Å². The minimum atomic E-state index is 0.387. The minimum absolute atomic E-state index is 0.387. The molecule has 0 saturated carbocycles. The van der Waals surface area contributed by atoms with Crippen molar-refractivity contribution in [3.63, 3.8) is 0 Å². The highest BCUT2D eigenvalue weighted by Gasteiger charge is 2.14. The van der Waals surface area contributed by atoms with Gasteiger partial charge in [-0.2, -0.15) is 0 Å². The lowest BCUT2D eigenvalue weighted by atomic mass is 10.5. The van der Waals surface area contributed by atoms with E-state index in [0.717, 1.165) is 11.5 Å². The number of carbonyl (C=O) groups excluding carboxylic acids is 1. The number of hydrogen-bond acceptors (Lipinski definition) is 3. The predicted octanol–water partition coefficient (Wildman–Crippen LogP) is 1.38. The summed E-state index contributed by atoms with van der Waals surface area (Å²) in [5, 5.41) is 0. The third kappa shape index (κ3) is 1.71. The highest BCUT2D eigenvalue weighted by atomic mass is 32.2. The molecule has 1 fully saturated rings. The van der Waals surface area contributed by atoms with Crippen molar-refractivity contribution >= 4 is 29.3 Å². The highest BCUT2D eigenvalue weighted by Crippen LogP contribution is 2.27. The van der Waals surface area contributed by atoms with Crippen LogP contribution in [-0.4, -0.2) is 21.9 Å². The quantitative estimate of drug-likeness (QED) is 0.516. The van der Waals surface area contributed by atoms with Crippen LogP contribution in [0.4, 0.5) is 0 Å². The molecule has 1 heterocycles. The first-order valence-corrected chi connectivity index (χ1v) is 4.63. The summed E-state index contributed by atoms with van der Waals surface area (Å²) in [5.41, 5.74) is 0. The molecule has 0 aromatic rings. The summed E-state index contributed by atoms with van der Waals surface area (Å²) in [4.78, 5) is 10.6. The van der Waals surface area contributed by atoms with Gasteiger partial charge in [-0.25, -0.2) is 0 Å². The summed E-state index contributed by atoms with van der Waals surface area (Å²) in [5.74, 6) is 1.85. The Balaban J connectivity index is 2.29. The van der Waals surface area contributed by atoms with Gasteiger partial charge in [0.15, 0.2) is 5.78 Å². The maximum Gasteiger partial charge on any atom is 0.152 e. The van der Waals surface area contributed by atoms with E-state index in [9.17, 15) is 4.79 Å². The molecule has 0 bridgehead atoms. The van der Waals surface area contributed by atoms with Crippen LogP contribution in [0.5, 0.6) is 0 Å². The van der Waals surface area contributed by atoms with E-state index in [0.29, 0.717) is 10.4 Å². The SMILES string of the molecule is CC1SCC(=O)CS1. The lowest BCUT2D eigenvalue weighted by Gasteiger charge is -2.14. The van der Waals surface area contributed by atoms with E-state index < -0.39 is 0 Å². The van der Waals surface area contributed by atoms with Crippen molar-refractivity contribution < 1.29 is 4.79 Å². The molecule has 46 valence electrons. The number of thioether (sulfide) groups is 2. The summed E-state index contributed by atoms with van der Waals surface area (Å²) in [6, 6.07) is 0. The molecule has 8 heavy (non-hydrogen) atoms. The Kier molecular flexibility index (Phi) is 2.26. The molecule has 3 heteroatoms. The van der Waals surface area contributed by atoms with Gasteiger partial charge in [-0.3, -0.25) is 4.79 Å². The Morgan fingerprint density at radius 3 is 2.38 bits per heavy atom. The van der Waals surface area contributed by atoms with Crippen molar-refractivity contribution in [3.05, 3.63) is 0 Å². The minimum Gasteiger partial charge on any atom is -0.298 e. The number of carbonyl (C=O) groups is 1. The smallest absolute Gasteiger partial charge is 0.152 e. The molecule has 1 aliphatic heterocycles. The van der Waals surface area contributed by atoms with E-state index in [1.807, 2.05) is 0 Å². The lowest BCUT2D eigenvalue weighted by molar-refractivity contribution is -0.114. The van der Waals surface area contributed by atoms with Gasteiger partial charge in [-0.15, -0.1) is 23.5 Å². The van der Waals surface area contributed by atoms with Crippen LogP contribution in [0.25, 0.3) is 0 Å². The van der Waals surface area contributed by atoms with Gasteiger partial charge in [0.25, 0.3) is 0 Å². The molecule has 0 amide bonds. The van der Waals surface area contributed by atoms with E-state index in [2.05, 4.69) is 6.92 Å². The Hall–Kier alpha value is 0.370. The molecular weight excluding hydrogens is 140 g/mol. The summed E-state index contributed by atoms with van der Waals surface area (Å²) >= 11 is 3.48. The summed E-state index contributed by atoms with van der Waals surface area (Å²) in [6.07, 6.45) is 0. The topological polar surface area (TPSA) is 17.1 Å². The van der Waals surface area contributed by atoms with Crippen LogP contribution in [0, 0.1) is 0 Å². The predicted molar refractivity (Wildman–Crippen MR) is 39.4 cm³/mol. The average molecular weight is 148 g/mol. The monoisotopic (exact) mass is 148 g/mol. The van der Waals surface area contributed by atoms with Crippen LogP contribution in [0.2, 0.25) is 0 Å². The van der Waals surface area contributed by atoms with Gasteiger partial charge in [0.05, 0.1) is 11.5 Å². The molecule has 0 atom stereocenters. The van der Waals surface area contributed by atoms with E-state index >= 15 is 0 Å². The van der Waals surface area contributed by atoms with Crippen molar-refractivity contribution in [2.24, 2.45) is 0 Å². The van der Waals surface area contributed by atoms with Gasteiger partial charge in [-0.1, -0.05) is 0 Å². The van der Waals surface area contributed by atoms with Crippen LogP contribution in [0.15, 0.2) is 0 Å². The maximum absolute atomic E-state index is 10.6. The van der Waals surface area contributed by atoms with Crippen molar-refractivity contribution in [2.75, 3.05) is 11.5 Å². The third-order valence-electron chi connectivity index (χ3n) is 0.958. The van der Waals surface area contributed by atoms with Gasteiger partial charge in [0, 0.05) is 4.58 Å². The van der Waals surface area contributed by atoms with Crippen LogP contribution in [0.1, 0.15) is 6.92 Å². The van der Waals surface area contributed by atoms with Gasteiger partial charge >= 0.3 is 0 Å². The Bertz CT molecular complexity index is 92.6. The highest BCUT2D eigenvalue weighted by molar-refractivity contribution is 8.18. The summed E-state index contributed by atoms with van der Waals surface area (Å²) < 4.78 is 0.632. The molecule has 1 aliphatic rings. The number of ketones is 1. The molecule has 1 rings (SSSR count). The molecule has 0 spiro atoms. The van der Waals surface area contributed by atoms with Gasteiger partial charge in [0.2, 0.25) is 0 Å². The first-order valence-electron chi connectivity index (χ1n) is 2.54. The number of rotatable bonds is 0. The molecule has 0 aromatic heterocycles. The van der Waals surface area contributed by atoms with Gasteiger partial charge in [-0.05, 0) is 6.92 Å². The second kappa shape index (κ2) is 2.78. The molecule has 0 radical (unpaired) electrons. The summed E-state index contributed by atoms with van der Waals surface area (Å²) in [7, 11) is 0. The first kappa shape index (κ1) is 6.49.